The molecule has 0 aliphatic rings. The van der Waals surface area contributed by atoms with E-state index in [1.165, 1.54) is 17.3 Å². The second-order valence-corrected chi connectivity index (χ2v) is 8.49. The third kappa shape index (κ3) is 5.85. The first-order valence-electron chi connectivity index (χ1n) is 10.2. The summed E-state index contributed by atoms with van der Waals surface area (Å²) in [5, 5.41) is 20.1. The van der Waals surface area contributed by atoms with Crippen molar-refractivity contribution in [1.29, 1.82) is 0 Å². The molecule has 6 nitrogen and oxygen atoms in total. The highest BCUT2D eigenvalue weighted by molar-refractivity contribution is 7.99. The van der Waals surface area contributed by atoms with Crippen LogP contribution in [-0.2, 0) is 13.1 Å². The molecule has 0 aliphatic heterocycles. The number of hydrogen-bond donors (Lipinski definition) is 1. The lowest BCUT2D eigenvalue weighted by atomic mass is 10.2. The van der Waals surface area contributed by atoms with Gasteiger partial charge >= 0.3 is 0 Å². The molecule has 0 radical (unpaired) electrons. The molecule has 7 heteroatoms. The molecule has 1 N–H and O–H groups in total. The van der Waals surface area contributed by atoms with Crippen LogP contribution in [0.5, 0.6) is 0 Å². The van der Waals surface area contributed by atoms with E-state index in [0.717, 1.165) is 17.3 Å². The van der Waals surface area contributed by atoms with Gasteiger partial charge in [-0.15, -0.1) is 10.2 Å². The van der Waals surface area contributed by atoms with Crippen molar-refractivity contribution in [2.24, 2.45) is 0 Å². The number of aromatic nitrogens is 3. The van der Waals surface area contributed by atoms with Crippen LogP contribution in [0.25, 0.3) is 11.6 Å². The molecule has 0 saturated heterocycles. The zero-order valence-electron chi connectivity index (χ0n) is 17.5. The normalized spacial score (nSPS) is 12.4. The molecule has 0 spiro atoms. The summed E-state index contributed by atoms with van der Waals surface area (Å²) in [6.45, 7) is 2.02. The first-order chi connectivity index (χ1) is 15.2. The molecule has 2 aromatic heterocycles. The summed E-state index contributed by atoms with van der Waals surface area (Å²) in [4.78, 5) is 2.13. The van der Waals surface area contributed by atoms with Crippen LogP contribution in [0.3, 0.4) is 0 Å². The monoisotopic (exact) mass is 434 g/mol. The largest absolute Gasteiger partial charge is 0.461 e. The topological polar surface area (TPSA) is 67.3 Å². The maximum absolute atomic E-state index is 10.6. The summed E-state index contributed by atoms with van der Waals surface area (Å²) >= 11 is 1.51. The first-order valence-corrected chi connectivity index (χ1v) is 11.2. The number of rotatable bonds is 10. The van der Waals surface area contributed by atoms with Crippen molar-refractivity contribution in [3.63, 3.8) is 0 Å². The van der Waals surface area contributed by atoms with Crippen molar-refractivity contribution in [1.82, 2.24) is 19.7 Å². The molecule has 0 saturated carbocycles. The van der Waals surface area contributed by atoms with Crippen LogP contribution < -0.4 is 0 Å². The molecular weight excluding hydrogens is 408 g/mol. The minimum absolute atomic E-state index is 0.479. The average Bonchev–Trinajstić information content (AvgIpc) is 3.44. The second kappa shape index (κ2) is 10.4. The first kappa shape index (κ1) is 21.4. The lowest BCUT2D eigenvalue weighted by molar-refractivity contribution is 0.142. The van der Waals surface area contributed by atoms with E-state index in [1.807, 2.05) is 60.1 Å². The van der Waals surface area contributed by atoms with Gasteiger partial charge in [0, 0.05) is 18.8 Å². The van der Waals surface area contributed by atoms with Crippen molar-refractivity contribution in [2.75, 3.05) is 19.3 Å². The molecular formula is C24H26N4O2S. The Morgan fingerprint density at radius 1 is 0.968 bits per heavy atom. The van der Waals surface area contributed by atoms with E-state index < -0.39 is 6.10 Å². The Morgan fingerprint density at radius 3 is 2.35 bits per heavy atom. The van der Waals surface area contributed by atoms with Crippen molar-refractivity contribution < 1.29 is 9.52 Å². The van der Waals surface area contributed by atoms with Crippen LogP contribution in [0.4, 0.5) is 0 Å². The highest BCUT2D eigenvalue weighted by atomic mass is 32.2. The van der Waals surface area contributed by atoms with Crippen LogP contribution in [0, 0.1) is 0 Å². The van der Waals surface area contributed by atoms with Crippen molar-refractivity contribution in [3.05, 3.63) is 90.2 Å². The second-order valence-electron chi connectivity index (χ2n) is 7.50. The summed E-state index contributed by atoms with van der Waals surface area (Å²) in [6, 6.07) is 24.2. The van der Waals surface area contributed by atoms with Crippen LogP contribution >= 0.6 is 11.8 Å². The van der Waals surface area contributed by atoms with E-state index >= 15 is 0 Å². The predicted molar refractivity (Wildman–Crippen MR) is 123 cm³/mol. The van der Waals surface area contributed by atoms with Gasteiger partial charge in [-0.2, -0.15) is 0 Å². The Balaban J connectivity index is 1.41. The molecule has 0 bridgehead atoms. The smallest absolute Gasteiger partial charge is 0.200 e. The minimum atomic E-state index is -0.479. The molecule has 1 unspecified atom stereocenters. The summed E-state index contributed by atoms with van der Waals surface area (Å²) < 4.78 is 7.60. The fraction of sp³-hybridized carbons (Fsp3) is 0.250. The molecule has 2 aromatic carbocycles. The third-order valence-corrected chi connectivity index (χ3v) is 5.98. The third-order valence-electron chi connectivity index (χ3n) is 4.86. The Morgan fingerprint density at radius 2 is 1.68 bits per heavy atom. The van der Waals surface area contributed by atoms with E-state index in [2.05, 4.69) is 39.4 Å². The molecule has 31 heavy (non-hydrogen) atoms. The van der Waals surface area contributed by atoms with Crippen LogP contribution in [0.2, 0.25) is 0 Å². The van der Waals surface area contributed by atoms with E-state index in [4.69, 9.17) is 4.42 Å². The van der Waals surface area contributed by atoms with E-state index in [1.54, 1.807) is 6.26 Å². The van der Waals surface area contributed by atoms with Gasteiger partial charge in [-0.3, -0.25) is 9.47 Å². The van der Waals surface area contributed by atoms with Gasteiger partial charge in [-0.05, 0) is 30.3 Å². The number of thioether (sulfide) groups is 1. The zero-order valence-corrected chi connectivity index (χ0v) is 18.3. The number of hydrogen-bond acceptors (Lipinski definition) is 6. The van der Waals surface area contributed by atoms with Crippen LogP contribution in [0.1, 0.15) is 11.1 Å². The summed E-state index contributed by atoms with van der Waals surface area (Å²) in [5.41, 5.74) is 2.38. The Hall–Kier alpha value is -2.87. The fourth-order valence-corrected chi connectivity index (χ4v) is 4.29. The van der Waals surface area contributed by atoms with Gasteiger partial charge in [0.05, 0.1) is 18.9 Å². The average molecular weight is 435 g/mol. The molecule has 4 aromatic rings. The number of nitrogens with zero attached hydrogens (tertiary/aromatic N) is 4. The number of aliphatic hydroxyl groups excluding tert-OH is 1. The number of likely N-dealkylation sites (N-methyl/N-ethyl adjacent to an activating group) is 1. The molecule has 0 fully saturated rings. The fourth-order valence-electron chi connectivity index (χ4n) is 3.43. The lowest BCUT2D eigenvalue weighted by Crippen LogP contribution is -2.30. The molecule has 0 aliphatic carbocycles. The van der Waals surface area contributed by atoms with Gasteiger partial charge in [-0.1, -0.05) is 72.4 Å². The van der Waals surface area contributed by atoms with Crippen LogP contribution in [0.15, 0.2) is 88.6 Å². The maximum atomic E-state index is 10.6. The van der Waals surface area contributed by atoms with E-state index in [0.29, 0.717) is 30.4 Å². The van der Waals surface area contributed by atoms with Gasteiger partial charge in [-0.25, -0.2) is 0 Å². The molecule has 1 atom stereocenters. The Bertz CT molecular complexity index is 1050. The van der Waals surface area contributed by atoms with E-state index in [-0.39, 0.29) is 0 Å². The van der Waals surface area contributed by atoms with Crippen molar-refractivity contribution in [3.8, 4) is 11.6 Å². The molecule has 0 amide bonds. The Kier molecular flexibility index (Phi) is 7.19. The maximum Gasteiger partial charge on any atom is 0.200 e. The summed E-state index contributed by atoms with van der Waals surface area (Å²) in [6.07, 6.45) is 1.16. The highest BCUT2D eigenvalue weighted by Crippen LogP contribution is 2.26. The highest BCUT2D eigenvalue weighted by Gasteiger charge is 2.18. The minimum Gasteiger partial charge on any atom is -0.461 e. The molecule has 4 rings (SSSR count). The Labute approximate surface area is 186 Å². The van der Waals surface area contributed by atoms with Crippen molar-refractivity contribution >= 4 is 11.8 Å². The van der Waals surface area contributed by atoms with Gasteiger partial charge in [0.25, 0.3) is 0 Å². The standard InChI is InChI=1S/C24H26N4O2S/c1-27(15-19-9-4-2-5-10-19)17-21(29)18-31-24-26-25-23(22-13-8-14-30-22)28(24)16-20-11-6-3-7-12-20/h2-14,21,29H,15-18H2,1H3. The van der Waals surface area contributed by atoms with Gasteiger partial charge in [0.15, 0.2) is 10.9 Å². The SMILES string of the molecule is CN(Cc1ccccc1)CC(O)CSc1nnc(-c2ccco2)n1Cc1ccccc1. The lowest BCUT2D eigenvalue weighted by Gasteiger charge is -2.20. The molecule has 160 valence electrons. The van der Waals surface area contributed by atoms with Crippen LogP contribution in [-0.4, -0.2) is 50.2 Å². The van der Waals surface area contributed by atoms with Gasteiger partial charge in [0.1, 0.15) is 0 Å². The van der Waals surface area contributed by atoms with Gasteiger partial charge in [0.2, 0.25) is 5.82 Å². The summed E-state index contributed by atoms with van der Waals surface area (Å²) in [7, 11) is 2.02. The molecule has 2 heterocycles. The quantitative estimate of drug-likeness (QED) is 0.378. The zero-order chi connectivity index (χ0) is 21.5. The number of benzene rings is 2. The van der Waals surface area contributed by atoms with E-state index in [9.17, 15) is 5.11 Å². The summed E-state index contributed by atoms with van der Waals surface area (Å²) in [5.74, 6) is 1.90. The number of furan rings is 1. The predicted octanol–water partition coefficient (Wildman–Crippen LogP) is 4.17. The van der Waals surface area contributed by atoms with Crippen molar-refractivity contribution in [2.45, 2.75) is 24.3 Å². The van der Waals surface area contributed by atoms with Gasteiger partial charge < -0.3 is 9.52 Å². The number of aliphatic hydroxyl groups is 1.